The van der Waals surface area contributed by atoms with Crippen molar-refractivity contribution in [2.75, 3.05) is 13.6 Å². The van der Waals surface area contributed by atoms with Gasteiger partial charge in [0.15, 0.2) is 5.76 Å². The molecule has 1 N–H and O–H groups in total. The Morgan fingerprint density at radius 2 is 2.53 bits per heavy atom. The number of likely N-dealkylation sites (N-methyl/N-ethyl adjacent to an activating group) is 1. The molecule has 82 valence electrons. The van der Waals surface area contributed by atoms with Crippen LogP contribution in [0.25, 0.3) is 0 Å². The first-order valence-electron chi connectivity index (χ1n) is 5.07. The summed E-state index contributed by atoms with van der Waals surface area (Å²) >= 11 is 0. The molecule has 0 aromatic carbocycles. The molecule has 2 rings (SSSR count). The van der Waals surface area contributed by atoms with Crippen LogP contribution in [0.4, 0.5) is 0 Å². The standard InChI is InChI=1S/C10H15N3O2/c1-7-5-8(15-12-7)6-11-9-3-4-13(2)10(9)14/h5,9,11H,3-4,6H2,1-2H3. The maximum absolute atomic E-state index is 11.5. The minimum atomic E-state index is -0.0691. The van der Waals surface area contributed by atoms with Gasteiger partial charge in [-0.2, -0.15) is 0 Å². The topological polar surface area (TPSA) is 58.4 Å². The van der Waals surface area contributed by atoms with Crippen molar-refractivity contribution in [3.63, 3.8) is 0 Å². The average Bonchev–Trinajstić information content (AvgIpc) is 2.74. The fourth-order valence-corrected chi connectivity index (χ4v) is 1.74. The van der Waals surface area contributed by atoms with E-state index in [0.29, 0.717) is 6.54 Å². The molecule has 1 unspecified atom stereocenters. The van der Waals surface area contributed by atoms with Gasteiger partial charge in [0.05, 0.1) is 18.3 Å². The first-order valence-corrected chi connectivity index (χ1v) is 5.07. The zero-order valence-corrected chi connectivity index (χ0v) is 8.99. The zero-order chi connectivity index (χ0) is 10.8. The van der Waals surface area contributed by atoms with E-state index in [1.165, 1.54) is 0 Å². The van der Waals surface area contributed by atoms with Crippen LogP contribution >= 0.6 is 0 Å². The third-order valence-corrected chi connectivity index (χ3v) is 2.63. The van der Waals surface area contributed by atoms with Crippen LogP contribution in [0.3, 0.4) is 0 Å². The Hall–Kier alpha value is -1.36. The number of rotatable bonds is 3. The molecule has 1 aromatic rings. The van der Waals surface area contributed by atoms with Gasteiger partial charge in [-0.3, -0.25) is 10.1 Å². The molecule has 1 saturated heterocycles. The van der Waals surface area contributed by atoms with E-state index in [9.17, 15) is 4.79 Å². The summed E-state index contributed by atoms with van der Waals surface area (Å²) in [6.07, 6.45) is 0.864. The van der Waals surface area contributed by atoms with Crippen LogP contribution in [-0.4, -0.2) is 35.6 Å². The van der Waals surface area contributed by atoms with Gasteiger partial charge in [-0.1, -0.05) is 5.16 Å². The van der Waals surface area contributed by atoms with Crippen molar-refractivity contribution in [1.29, 1.82) is 0 Å². The Balaban J connectivity index is 1.86. The number of nitrogens with zero attached hydrogens (tertiary/aromatic N) is 2. The minimum absolute atomic E-state index is 0.0691. The summed E-state index contributed by atoms with van der Waals surface area (Å²) in [5.41, 5.74) is 0.863. The Bertz CT molecular complexity index is 361. The summed E-state index contributed by atoms with van der Waals surface area (Å²) in [5, 5.41) is 6.95. The van der Waals surface area contributed by atoms with Gasteiger partial charge in [0.1, 0.15) is 0 Å². The molecule has 0 bridgehead atoms. The Morgan fingerprint density at radius 3 is 3.07 bits per heavy atom. The highest BCUT2D eigenvalue weighted by Gasteiger charge is 2.28. The number of carbonyl (C=O) groups excluding carboxylic acids is 1. The van der Waals surface area contributed by atoms with E-state index in [1.807, 2.05) is 20.0 Å². The van der Waals surface area contributed by atoms with E-state index in [2.05, 4.69) is 10.5 Å². The first kappa shape index (κ1) is 10.2. The summed E-state index contributed by atoms with van der Waals surface area (Å²) in [6, 6.07) is 1.80. The molecular formula is C10H15N3O2. The molecule has 5 heteroatoms. The molecule has 0 aliphatic carbocycles. The van der Waals surface area contributed by atoms with E-state index < -0.39 is 0 Å². The summed E-state index contributed by atoms with van der Waals surface area (Å²) in [4.78, 5) is 13.3. The van der Waals surface area contributed by atoms with Crippen LogP contribution in [0.15, 0.2) is 10.6 Å². The van der Waals surface area contributed by atoms with Gasteiger partial charge < -0.3 is 9.42 Å². The molecule has 15 heavy (non-hydrogen) atoms. The van der Waals surface area contributed by atoms with Gasteiger partial charge in [-0.15, -0.1) is 0 Å². The molecule has 1 fully saturated rings. The third kappa shape index (κ3) is 2.18. The molecule has 1 aromatic heterocycles. The van der Waals surface area contributed by atoms with Crippen molar-refractivity contribution >= 4 is 5.91 Å². The maximum Gasteiger partial charge on any atom is 0.239 e. The number of amides is 1. The highest BCUT2D eigenvalue weighted by atomic mass is 16.5. The lowest BCUT2D eigenvalue weighted by molar-refractivity contribution is -0.128. The van der Waals surface area contributed by atoms with Crippen LogP contribution in [0.2, 0.25) is 0 Å². The van der Waals surface area contributed by atoms with Gasteiger partial charge in [0, 0.05) is 19.7 Å². The highest BCUT2D eigenvalue weighted by Crippen LogP contribution is 2.10. The second-order valence-electron chi connectivity index (χ2n) is 3.92. The number of nitrogens with one attached hydrogen (secondary N) is 1. The number of aryl methyl sites for hydroxylation is 1. The predicted octanol–water partition coefficient (Wildman–Crippen LogP) is 0.303. The smallest absolute Gasteiger partial charge is 0.239 e. The lowest BCUT2D eigenvalue weighted by Gasteiger charge is -2.10. The molecule has 2 heterocycles. The van der Waals surface area contributed by atoms with Crippen LogP contribution in [-0.2, 0) is 11.3 Å². The molecule has 0 spiro atoms. The molecule has 1 amide bonds. The molecule has 1 atom stereocenters. The number of hydrogen-bond acceptors (Lipinski definition) is 4. The number of hydrogen-bond donors (Lipinski definition) is 1. The lowest BCUT2D eigenvalue weighted by Crippen LogP contribution is -2.36. The molecular weight excluding hydrogens is 194 g/mol. The Kier molecular flexibility index (Phi) is 2.73. The van der Waals surface area contributed by atoms with E-state index in [0.717, 1.165) is 24.4 Å². The zero-order valence-electron chi connectivity index (χ0n) is 8.99. The van der Waals surface area contributed by atoms with Crippen LogP contribution in [0.5, 0.6) is 0 Å². The Labute approximate surface area is 88.4 Å². The van der Waals surface area contributed by atoms with E-state index in [1.54, 1.807) is 4.90 Å². The fraction of sp³-hybridized carbons (Fsp3) is 0.600. The Morgan fingerprint density at radius 1 is 1.73 bits per heavy atom. The van der Waals surface area contributed by atoms with E-state index in [4.69, 9.17) is 4.52 Å². The SMILES string of the molecule is Cc1cc(CNC2CCN(C)C2=O)on1. The molecule has 0 radical (unpaired) electrons. The van der Waals surface area contributed by atoms with Crippen molar-refractivity contribution in [3.05, 3.63) is 17.5 Å². The summed E-state index contributed by atoms with van der Waals surface area (Å²) in [7, 11) is 1.82. The van der Waals surface area contributed by atoms with Crippen molar-refractivity contribution in [2.45, 2.75) is 25.9 Å². The van der Waals surface area contributed by atoms with Crippen molar-refractivity contribution in [2.24, 2.45) is 0 Å². The van der Waals surface area contributed by atoms with Crippen molar-refractivity contribution in [3.8, 4) is 0 Å². The minimum Gasteiger partial charge on any atom is -0.360 e. The third-order valence-electron chi connectivity index (χ3n) is 2.63. The quantitative estimate of drug-likeness (QED) is 0.778. The number of aromatic nitrogens is 1. The number of carbonyl (C=O) groups is 1. The molecule has 1 aliphatic rings. The molecule has 1 aliphatic heterocycles. The van der Waals surface area contributed by atoms with Gasteiger partial charge in [-0.25, -0.2) is 0 Å². The average molecular weight is 209 g/mol. The second kappa shape index (κ2) is 4.02. The largest absolute Gasteiger partial charge is 0.360 e. The maximum atomic E-state index is 11.5. The lowest BCUT2D eigenvalue weighted by atomic mass is 10.2. The summed E-state index contributed by atoms with van der Waals surface area (Å²) in [6.45, 7) is 3.26. The normalized spacial score (nSPS) is 21.3. The van der Waals surface area contributed by atoms with Crippen LogP contribution in [0, 0.1) is 6.92 Å². The predicted molar refractivity (Wildman–Crippen MR) is 54.1 cm³/mol. The van der Waals surface area contributed by atoms with Crippen LogP contribution in [0.1, 0.15) is 17.9 Å². The van der Waals surface area contributed by atoms with Gasteiger partial charge in [-0.05, 0) is 13.3 Å². The van der Waals surface area contributed by atoms with Gasteiger partial charge in [0.2, 0.25) is 5.91 Å². The monoisotopic (exact) mass is 209 g/mol. The van der Waals surface area contributed by atoms with Gasteiger partial charge in [0.25, 0.3) is 0 Å². The van der Waals surface area contributed by atoms with E-state index >= 15 is 0 Å². The number of likely N-dealkylation sites (tertiary alicyclic amines) is 1. The van der Waals surface area contributed by atoms with E-state index in [-0.39, 0.29) is 11.9 Å². The highest BCUT2D eigenvalue weighted by molar-refractivity contribution is 5.83. The van der Waals surface area contributed by atoms with Crippen molar-refractivity contribution < 1.29 is 9.32 Å². The second-order valence-corrected chi connectivity index (χ2v) is 3.92. The van der Waals surface area contributed by atoms with Crippen molar-refractivity contribution in [1.82, 2.24) is 15.4 Å². The molecule has 5 nitrogen and oxygen atoms in total. The van der Waals surface area contributed by atoms with Gasteiger partial charge >= 0.3 is 0 Å². The molecule has 0 saturated carbocycles. The first-order chi connectivity index (χ1) is 7.16. The summed E-state index contributed by atoms with van der Waals surface area (Å²) in [5.74, 6) is 0.932. The summed E-state index contributed by atoms with van der Waals surface area (Å²) < 4.78 is 5.05. The fourth-order valence-electron chi connectivity index (χ4n) is 1.74. The van der Waals surface area contributed by atoms with Crippen LogP contribution < -0.4 is 5.32 Å².